The number of benzene rings is 4. The van der Waals surface area contributed by atoms with E-state index in [0.29, 0.717) is 12.8 Å². The molecular formula is C32H36N2O9PS2+. The van der Waals surface area contributed by atoms with Crippen molar-refractivity contribution in [1.29, 1.82) is 0 Å². The van der Waals surface area contributed by atoms with Crippen LogP contribution >= 0.6 is 8.25 Å². The van der Waals surface area contributed by atoms with Crippen molar-refractivity contribution in [3.05, 3.63) is 120 Å². The van der Waals surface area contributed by atoms with E-state index in [9.17, 15) is 30.5 Å². The standard InChI is InChI=1S/C32H35N2O9PS2/c35-44(42-31(45(36,37)38)21-9-13-25-11-7-19-29(23-25)33-27-15-3-1-4-16-27)43-32(46(39,40)41)22-10-14-26-12-8-20-30(24-26)34-28-17-5-2-6-18-28/h1-8,11-12,15-20,23-24,31-34H,9-10,13-14,21-22H2,(H-,36,37,38,39,40,41)/p+1. The van der Waals surface area contributed by atoms with Gasteiger partial charge < -0.3 is 10.6 Å². The van der Waals surface area contributed by atoms with Gasteiger partial charge in [-0.1, -0.05) is 69.7 Å². The molecule has 4 aromatic carbocycles. The first kappa shape index (κ1) is 35.2. The maximum atomic E-state index is 12.6. The third-order valence-electron chi connectivity index (χ3n) is 6.86. The topological polar surface area (TPSA) is 168 Å². The summed E-state index contributed by atoms with van der Waals surface area (Å²) in [7, 11) is -13.0. The second-order valence-electron chi connectivity index (χ2n) is 10.5. The van der Waals surface area contributed by atoms with Crippen LogP contribution in [-0.4, -0.2) is 36.8 Å². The summed E-state index contributed by atoms with van der Waals surface area (Å²) in [6.07, 6.45) is 0.776. The predicted octanol–water partition coefficient (Wildman–Crippen LogP) is 7.64. The number of anilines is 4. The molecular weight excluding hydrogens is 651 g/mol. The Morgan fingerprint density at radius 3 is 1.30 bits per heavy atom. The number of para-hydroxylation sites is 2. The van der Waals surface area contributed by atoms with E-state index in [1.807, 2.05) is 109 Å². The van der Waals surface area contributed by atoms with Crippen molar-refractivity contribution >= 4 is 51.2 Å². The van der Waals surface area contributed by atoms with E-state index in [4.69, 9.17) is 9.05 Å². The lowest BCUT2D eigenvalue weighted by molar-refractivity contribution is 0.170. The molecule has 4 N–H and O–H groups in total. The lowest BCUT2D eigenvalue weighted by atomic mass is 10.1. The quantitative estimate of drug-likeness (QED) is 0.0599. The van der Waals surface area contributed by atoms with Gasteiger partial charge in [-0.3, -0.25) is 9.11 Å². The molecule has 2 atom stereocenters. The Kier molecular flexibility index (Phi) is 12.8. The minimum atomic E-state index is -4.83. The first-order valence-corrected chi connectivity index (χ1v) is 18.6. The molecule has 14 heteroatoms. The van der Waals surface area contributed by atoms with Gasteiger partial charge in [-0.05, 0) is 98.2 Å². The van der Waals surface area contributed by atoms with Crippen LogP contribution in [0.4, 0.5) is 22.7 Å². The first-order valence-electron chi connectivity index (χ1n) is 14.5. The summed E-state index contributed by atoms with van der Waals surface area (Å²) in [6.45, 7) is 0. The molecule has 244 valence electrons. The van der Waals surface area contributed by atoms with Gasteiger partial charge in [0.05, 0.1) is 0 Å². The molecule has 0 aromatic heterocycles. The third kappa shape index (κ3) is 11.9. The summed E-state index contributed by atoms with van der Waals surface area (Å²) in [6, 6.07) is 34.0. The Bertz CT molecular complexity index is 1660. The highest BCUT2D eigenvalue weighted by atomic mass is 32.2. The number of nitrogens with one attached hydrogen (secondary N) is 2. The van der Waals surface area contributed by atoms with Gasteiger partial charge in [0.1, 0.15) is 0 Å². The van der Waals surface area contributed by atoms with Gasteiger partial charge in [-0.15, -0.1) is 0 Å². The molecule has 0 heterocycles. The van der Waals surface area contributed by atoms with E-state index < -0.39 is 39.4 Å². The van der Waals surface area contributed by atoms with Gasteiger partial charge in [-0.25, -0.2) is 0 Å². The average Bonchev–Trinajstić information content (AvgIpc) is 3.00. The Labute approximate surface area is 270 Å². The molecule has 11 nitrogen and oxygen atoms in total. The Morgan fingerprint density at radius 2 is 0.935 bits per heavy atom. The van der Waals surface area contributed by atoms with E-state index >= 15 is 0 Å². The maximum absolute atomic E-state index is 12.6. The molecule has 4 aromatic rings. The van der Waals surface area contributed by atoms with Gasteiger partial charge in [-0.2, -0.15) is 16.8 Å². The fourth-order valence-electron chi connectivity index (χ4n) is 4.66. The Hall–Kier alpha value is -3.68. The van der Waals surface area contributed by atoms with Crippen LogP contribution < -0.4 is 10.6 Å². The summed E-state index contributed by atoms with van der Waals surface area (Å²) in [5.74, 6) is 0. The van der Waals surface area contributed by atoms with Crippen molar-refractivity contribution in [1.82, 2.24) is 0 Å². The van der Waals surface area contributed by atoms with Gasteiger partial charge in [0.25, 0.3) is 20.2 Å². The van der Waals surface area contributed by atoms with E-state index in [1.165, 1.54) is 0 Å². The van der Waals surface area contributed by atoms with Crippen molar-refractivity contribution in [2.45, 2.75) is 49.4 Å². The summed E-state index contributed by atoms with van der Waals surface area (Å²) in [4.78, 5) is 0. The zero-order valence-electron chi connectivity index (χ0n) is 24.8. The SMILES string of the molecule is O=[P+](OC(CCCc1cccc(Nc2ccccc2)c1)S(=O)(=O)O)OC(CCCc1cccc(Nc2ccccc2)c1)S(=O)(=O)O. The van der Waals surface area contributed by atoms with Crippen molar-refractivity contribution in [3.63, 3.8) is 0 Å². The molecule has 2 unspecified atom stereocenters. The molecule has 0 radical (unpaired) electrons. The molecule has 0 bridgehead atoms. The number of rotatable bonds is 18. The number of hydrogen-bond acceptors (Lipinski definition) is 9. The van der Waals surface area contributed by atoms with Crippen LogP contribution in [0.3, 0.4) is 0 Å². The molecule has 0 fully saturated rings. The van der Waals surface area contributed by atoms with Crippen LogP contribution in [0.5, 0.6) is 0 Å². The number of hydrogen-bond donors (Lipinski definition) is 4. The highest BCUT2D eigenvalue weighted by molar-refractivity contribution is 7.86. The second kappa shape index (κ2) is 16.8. The van der Waals surface area contributed by atoms with Crippen molar-refractivity contribution in [2.24, 2.45) is 0 Å². The van der Waals surface area contributed by atoms with Crippen LogP contribution in [0.2, 0.25) is 0 Å². The maximum Gasteiger partial charge on any atom is 0.700 e. The van der Waals surface area contributed by atoms with Crippen LogP contribution in [0.25, 0.3) is 0 Å². The van der Waals surface area contributed by atoms with E-state index in [2.05, 4.69) is 10.6 Å². The van der Waals surface area contributed by atoms with E-state index in [0.717, 1.165) is 33.9 Å². The minimum absolute atomic E-state index is 0.225. The lowest BCUT2D eigenvalue weighted by Gasteiger charge is -2.11. The summed E-state index contributed by atoms with van der Waals surface area (Å²) < 4.78 is 89.9. The monoisotopic (exact) mass is 687 g/mol. The van der Waals surface area contributed by atoms with Crippen molar-refractivity contribution < 1.29 is 39.6 Å². The van der Waals surface area contributed by atoms with E-state index in [-0.39, 0.29) is 25.7 Å². The molecule has 0 aliphatic rings. The zero-order valence-corrected chi connectivity index (χ0v) is 27.3. The van der Waals surface area contributed by atoms with Crippen LogP contribution in [0.1, 0.15) is 36.8 Å². The predicted molar refractivity (Wildman–Crippen MR) is 179 cm³/mol. The molecule has 4 rings (SSSR count). The molecule has 46 heavy (non-hydrogen) atoms. The fraction of sp³-hybridized carbons (Fsp3) is 0.250. The van der Waals surface area contributed by atoms with E-state index in [1.54, 1.807) is 0 Å². The summed E-state index contributed by atoms with van der Waals surface area (Å²) >= 11 is 0. The van der Waals surface area contributed by atoms with Crippen molar-refractivity contribution in [3.8, 4) is 0 Å². The van der Waals surface area contributed by atoms with Crippen molar-refractivity contribution in [2.75, 3.05) is 10.6 Å². The minimum Gasteiger partial charge on any atom is -0.356 e. The zero-order chi connectivity index (χ0) is 33.0. The molecule has 0 saturated heterocycles. The Balaban J connectivity index is 1.29. The van der Waals surface area contributed by atoms with Crippen LogP contribution in [0.15, 0.2) is 109 Å². The van der Waals surface area contributed by atoms with Gasteiger partial charge >= 0.3 is 8.25 Å². The highest BCUT2D eigenvalue weighted by Crippen LogP contribution is 2.34. The normalized spacial score (nSPS) is 13.5. The summed E-state index contributed by atoms with van der Waals surface area (Å²) in [5, 5.41) is 6.54. The molecule has 0 aliphatic heterocycles. The molecule has 0 aliphatic carbocycles. The highest BCUT2D eigenvalue weighted by Gasteiger charge is 2.41. The van der Waals surface area contributed by atoms with Gasteiger partial charge in [0.2, 0.25) is 10.9 Å². The average molecular weight is 688 g/mol. The first-order chi connectivity index (χ1) is 22.0. The lowest BCUT2D eigenvalue weighted by Crippen LogP contribution is -2.25. The number of aryl methyl sites for hydroxylation is 2. The summed E-state index contributed by atoms with van der Waals surface area (Å²) in [5.41, 5.74) is 1.36. The largest absolute Gasteiger partial charge is 0.700 e. The van der Waals surface area contributed by atoms with Gasteiger partial charge in [0.15, 0.2) is 0 Å². The fourth-order valence-corrected chi connectivity index (χ4v) is 7.53. The second-order valence-corrected chi connectivity index (χ2v) is 14.5. The van der Waals surface area contributed by atoms with Crippen LogP contribution in [-0.2, 0) is 46.7 Å². The molecule has 0 amide bonds. The molecule has 0 saturated carbocycles. The molecule has 0 spiro atoms. The third-order valence-corrected chi connectivity index (χ3v) is 9.99. The Morgan fingerprint density at radius 1 is 0.565 bits per heavy atom. The van der Waals surface area contributed by atoms with Crippen LogP contribution in [0, 0.1) is 0 Å². The van der Waals surface area contributed by atoms with Gasteiger partial charge in [0, 0.05) is 27.3 Å². The smallest absolute Gasteiger partial charge is 0.356 e.